The van der Waals surface area contributed by atoms with Crippen molar-refractivity contribution in [2.45, 2.75) is 13.1 Å². The molecular weight excluding hydrogens is 258 g/mol. The number of benzene rings is 1. The van der Waals surface area contributed by atoms with E-state index in [-0.39, 0.29) is 0 Å². The molecule has 0 bridgehead atoms. The quantitative estimate of drug-likeness (QED) is 0.906. The van der Waals surface area contributed by atoms with E-state index in [1.165, 1.54) is 0 Å². The fraction of sp³-hybridized carbons (Fsp3) is 0.267. The molecule has 100 valence electrons. The second kappa shape index (κ2) is 6.55. The number of hydrogen-bond donors (Lipinski definition) is 1. The smallest absolute Gasteiger partial charge is 0.0564 e. The van der Waals surface area contributed by atoms with Crippen LogP contribution in [0.2, 0.25) is 5.02 Å². The zero-order valence-corrected chi connectivity index (χ0v) is 12.0. The van der Waals surface area contributed by atoms with Gasteiger partial charge in [-0.25, -0.2) is 0 Å². The summed E-state index contributed by atoms with van der Waals surface area (Å²) in [6, 6.07) is 11.9. The topological polar surface area (TPSA) is 28.2 Å². The lowest BCUT2D eigenvalue weighted by Gasteiger charge is -2.17. The van der Waals surface area contributed by atoms with Crippen molar-refractivity contribution in [3.63, 3.8) is 0 Å². The van der Waals surface area contributed by atoms with E-state index in [0.29, 0.717) is 0 Å². The van der Waals surface area contributed by atoms with Crippen molar-refractivity contribution < 1.29 is 0 Å². The summed E-state index contributed by atoms with van der Waals surface area (Å²) in [6.07, 6.45) is 1.82. The first-order valence-corrected chi connectivity index (χ1v) is 6.61. The maximum absolute atomic E-state index is 6.17. The van der Waals surface area contributed by atoms with E-state index in [1.807, 2.05) is 37.5 Å². The van der Waals surface area contributed by atoms with Crippen molar-refractivity contribution in [2.24, 2.45) is 0 Å². The molecule has 0 saturated carbocycles. The Kier molecular flexibility index (Phi) is 4.77. The van der Waals surface area contributed by atoms with Crippen LogP contribution in [0.5, 0.6) is 0 Å². The molecule has 0 aliphatic heterocycles. The zero-order chi connectivity index (χ0) is 13.7. The third-order valence-electron chi connectivity index (χ3n) is 2.94. The molecule has 1 aromatic carbocycles. The number of pyridine rings is 1. The fourth-order valence-corrected chi connectivity index (χ4v) is 2.17. The Morgan fingerprint density at radius 3 is 2.74 bits per heavy atom. The third kappa shape index (κ3) is 3.94. The van der Waals surface area contributed by atoms with Crippen LogP contribution >= 0.6 is 11.6 Å². The molecule has 3 nitrogen and oxygen atoms in total. The Bertz CT molecular complexity index is 542. The van der Waals surface area contributed by atoms with Crippen LogP contribution in [0.1, 0.15) is 11.3 Å². The average molecular weight is 276 g/mol. The number of nitrogens with zero attached hydrogens (tertiary/aromatic N) is 2. The Hall–Kier alpha value is -1.58. The van der Waals surface area contributed by atoms with Gasteiger partial charge in [-0.15, -0.1) is 0 Å². The number of anilines is 1. The van der Waals surface area contributed by atoms with Crippen LogP contribution in [0.3, 0.4) is 0 Å². The molecule has 0 amide bonds. The van der Waals surface area contributed by atoms with Crippen molar-refractivity contribution in [3.8, 4) is 0 Å². The van der Waals surface area contributed by atoms with Gasteiger partial charge in [-0.05, 0) is 30.8 Å². The van der Waals surface area contributed by atoms with Crippen LogP contribution in [0.4, 0.5) is 5.69 Å². The molecule has 2 rings (SSSR count). The van der Waals surface area contributed by atoms with Crippen LogP contribution in [0, 0.1) is 0 Å². The van der Waals surface area contributed by atoms with E-state index < -0.39 is 0 Å². The van der Waals surface area contributed by atoms with Gasteiger partial charge in [0.05, 0.1) is 5.69 Å². The van der Waals surface area contributed by atoms with Crippen LogP contribution in [-0.4, -0.2) is 24.0 Å². The molecule has 0 unspecified atom stereocenters. The van der Waals surface area contributed by atoms with Gasteiger partial charge in [0.1, 0.15) is 0 Å². The summed E-state index contributed by atoms with van der Waals surface area (Å²) in [5, 5.41) is 3.93. The van der Waals surface area contributed by atoms with Crippen molar-refractivity contribution in [1.82, 2.24) is 9.88 Å². The van der Waals surface area contributed by atoms with Crippen LogP contribution in [0.15, 0.2) is 42.6 Å². The summed E-state index contributed by atoms with van der Waals surface area (Å²) < 4.78 is 0. The molecule has 1 aromatic heterocycles. The molecule has 0 radical (unpaired) electrons. The van der Waals surface area contributed by atoms with Gasteiger partial charge in [-0.2, -0.15) is 0 Å². The van der Waals surface area contributed by atoms with E-state index in [9.17, 15) is 0 Å². The van der Waals surface area contributed by atoms with Crippen LogP contribution < -0.4 is 5.32 Å². The molecule has 1 heterocycles. The molecule has 0 aliphatic carbocycles. The SMILES string of the molecule is CNc1ccnc(CN(C)Cc2ccccc2Cl)c1. The highest BCUT2D eigenvalue weighted by Gasteiger charge is 2.05. The maximum atomic E-state index is 6.17. The first-order valence-electron chi connectivity index (χ1n) is 6.23. The number of aromatic nitrogens is 1. The summed E-state index contributed by atoms with van der Waals surface area (Å²) in [4.78, 5) is 6.57. The van der Waals surface area contributed by atoms with E-state index in [2.05, 4.69) is 34.4 Å². The predicted octanol–water partition coefficient (Wildman–Crippen LogP) is 3.41. The fourth-order valence-electron chi connectivity index (χ4n) is 1.97. The number of rotatable bonds is 5. The lowest BCUT2D eigenvalue weighted by molar-refractivity contribution is 0.315. The number of nitrogens with one attached hydrogen (secondary N) is 1. The first kappa shape index (κ1) is 13.8. The largest absolute Gasteiger partial charge is 0.388 e. The minimum atomic E-state index is 0.792. The second-order valence-corrected chi connectivity index (χ2v) is 4.96. The predicted molar refractivity (Wildman–Crippen MR) is 80.4 cm³/mol. The van der Waals surface area contributed by atoms with Gasteiger partial charge in [-0.3, -0.25) is 9.88 Å². The van der Waals surface area contributed by atoms with Crippen molar-refractivity contribution in [1.29, 1.82) is 0 Å². The molecular formula is C15H18ClN3. The van der Waals surface area contributed by atoms with E-state index in [1.54, 1.807) is 0 Å². The Morgan fingerprint density at radius 2 is 2.00 bits per heavy atom. The Morgan fingerprint density at radius 1 is 1.21 bits per heavy atom. The minimum Gasteiger partial charge on any atom is -0.388 e. The molecule has 1 N–H and O–H groups in total. The molecule has 4 heteroatoms. The van der Waals surface area contributed by atoms with Gasteiger partial charge in [0.15, 0.2) is 0 Å². The van der Waals surface area contributed by atoms with E-state index in [4.69, 9.17) is 11.6 Å². The zero-order valence-electron chi connectivity index (χ0n) is 11.2. The van der Waals surface area contributed by atoms with Crippen molar-refractivity contribution in [3.05, 3.63) is 58.9 Å². The molecule has 0 fully saturated rings. The van der Waals surface area contributed by atoms with E-state index >= 15 is 0 Å². The Labute approximate surface area is 119 Å². The maximum Gasteiger partial charge on any atom is 0.0564 e. The highest BCUT2D eigenvalue weighted by Crippen LogP contribution is 2.17. The van der Waals surface area contributed by atoms with Gasteiger partial charge in [0.25, 0.3) is 0 Å². The molecule has 2 aromatic rings. The third-order valence-corrected chi connectivity index (χ3v) is 3.30. The van der Waals surface area contributed by atoms with Crippen molar-refractivity contribution in [2.75, 3.05) is 19.4 Å². The highest BCUT2D eigenvalue weighted by atomic mass is 35.5. The number of hydrogen-bond acceptors (Lipinski definition) is 3. The summed E-state index contributed by atoms with van der Waals surface area (Å²) >= 11 is 6.17. The van der Waals surface area contributed by atoms with Gasteiger partial charge >= 0.3 is 0 Å². The first-order chi connectivity index (χ1) is 9.19. The van der Waals surface area contributed by atoms with Gasteiger partial charge in [-0.1, -0.05) is 29.8 Å². The average Bonchev–Trinajstić information content (AvgIpc) is 2.41. The standard InChI is InChI=1S/C15H18ClN3/c1-17-13-7-8-18-14(9-13)11-19(2)10-12-5-3-4-6-15(12)16/h3-9H,10-11H2,1-2H3,(H,17,18). The van der Waals surface area contributed by atoms with Crippen LogP contribution in [-0.2, 0) is 13.1 Å². The van der Waals surface area contributed by atoms with Crippen molar-refractivity contribution >= 4 is 17.3 Å². The van der Waals surface area contributed by atoms with Crippen LogP contribution in [0.25, 0.3) is 0 Å². The number of halogens is 1. The van der Waals surface area contributed by atoms with E-state index in [0.717, 1.165) is 35.1 Å². The second-order valence-electron chi connectivity index (χ2n) is 4.55. The molecule has 0 aliphatic rings. The normalized spacial score (nSPS) is 10.7. The molecule has 19 heavy (non-hydrogen) atoms. The lowest BCUT2D eigenvalue weighted by atomic mass is 10.2. The molecule has 0 atom stereocenters. The summed E-state index contributed by atoms with van der Waals surface area (Å²) in [7, 11) is 3.98. The molecule has 0 saturated heterocycles. The van der Waals surface area contributed by atoms with Gasteiger partial charge < -0.3 is 5.32 Å². The Balaban J connectivity index is 2.01. The summed E-state index contributed by atoms with van der Waals surface area (Å²) in [5.74, 6) is 0. The monoisotopic (exact) mass is 275 g/mol. The summed E-state index contributed by atoms with van der Waals surface area (Å²) in [5.41, 5.74) is 3.26. The lowest BCUT2D eigenvalue weighted by Crippen LogP contribution is -2.18. The minimum absolute atomic E-state index is 0.792. The van der Waals surface area contributed by atoms with Gasteiger partial charge in [0, 0.05) is 37.0 Å². The van der Waals surface area contributed by atoms with Gasteiger partial charge in [0.2, 0.25) is 0 Å². The highest BCUT2D eigenvalue weighted by molar-refractivity contribution is 6.31. The molecule has 0 spiro atoms. The summed E-state index contributed by atoms with van der Waals surface area (Å²) in [6.45, 7) is 1.60.